The Labute approximate surface area is 135 Å². The number of amides is 1. The first-order valence-corrected chi connectivity index (χ1v) is 8.65. The van der Waals surface area contributed by atoms with Crippen LogP contribution in [-0.4, -0.2) is 27.8 Å². The molecule has 0 saturated carbocycles. The van der Waals surface area contributed by atoms with Gasteiger partial charge in [0.25, 0.3) is 0 Å². The van der Waals surface area contributed by atoms with Gasteiger partial charge in [-0.1, -0.05) is 37.7 Å². The zero-order chi connectivity index (χ0) is 15.5. The van der Waals surface area contributed by atoms with Crippen molar-refractivity contribution in [3.8, 4) is 5.69 Å². The first kappa shape index (κ1) is 15.2. The number of aromatic nitrogens is 2. The monoisotopic (exact) mass is 315 g/mol. The topological polar surface area (TPSA) is 46.9 Å². The van der Waals surface area contributed by atoms with Crippen molar-refractivity contribution in [3.63, 3.8) is 0 Å². The van der Waals surface area contributed by atoms with Gasteiger partial charge in [0.05, 0.1) is 0 Å². The molecule has 0 spiro atoms. The molecule has 2 heterocycles. The maximum atomic E-state index is 11.2. The van der Waals surface area contributed by atoms with E-state index in [1.54, 1.807) is 11.8 Å². The van der Waals surface area contributed by atoms with Crippen LogP contribution in [-0.2, 0) is 4.79 Å². The first-order chi connectivity index (χ1) is 10.6. The van der Waals surface area contributed by atoms with Gasteiger partial charge in [0.15, 0.2) is 5.16 Å². The van der Waals surface area contributed by atoms with E-state index in [9.17, 15) is 4.79 Å². The number of thioether (sulfide) groups is 1. The molecule has 0 aliphatic carbocycles. The van der Waals surface area contributed by atoms with Gasteiger partial charge in [0.1, 0.15) is 0 Å². The van der Waals surface area contributed by atoms with Crippen LogP contribution in [0.5, 0.6) is 0 Å². The highest BCUT2D eigenvalue weighted by Gasteiger charge is 2.22. The fourth-order valence-electron chi connectivity index (χ4n) is 2.59. The summed E-state index contributed by atoms with van der Waals surface area (Å²) in [4.78, 5) is 15.7. The Hall–Kier alpha value is -1.75. The number of imidazole rings is 1. The van der Waals surface area contributed by atoms with Crippen LogP contribution in [0.4, 0.5) is 0 Å². The van der Waals surface area contributed by atoms with E-state index in [0.29, 0.717) is 18.3 Å². The molecule has 1 atom stereocenters. The van der Waals surface area contributed by atoms with Crippen LogP contribution in [0.25, 0.3) is 5.69 Å². The highest BCUT2D eigenvalue weighted by molar-refractivity contribution is 7.99. The van der Waals surface area contributed by atoms with Gasteiger partial charge in [-0.25, -0.2) is 4.98 Å². The summed E-state index contributed by atoms with van der Waals surface area (Å²) in [6.45, 7) is 5.19. The third kappa shape index (κ3) is 3.35. The van der Waals surface area contributed by atoms with E-state index in [4.69, 9.17) is 0 Å². The smallest absolute Gasteiger partial charge is 0.220 e. The lowest BCUT2D eigenvalue weighted by atomic mass is 10.0. The van der Waals surface area contributed by atoms with Gasteiger partial charge in [-0.15, -0.1) is 0 Å². The van der Waals surface area contributed by atoms with Gasteiger partial charge in [-0.2, -0.15) is 0 Å². The van der Waals surface area contributed by atoms with Crippen molar-refractivity contribution in [1.29, 1.82) is 0 Å². The lowest BCUT2D eigenvalue weighted by Gasteiger charge is -2.11. The van der Waals surface area contributed by atoms with Gasteiger partial charge >= 0.3 is 0 Å². The van der Waals surface area contributed by atoms with Crippen molar-refractivity contribution in [2.45, 2.75) is 31.3 Å². The molecule has 116 valence electrons. The van der Waals surface area contributed by atoms with Crippen LogP contribution in [0.1, 0.15) is 31.7 Å². The summed E-state index contributed by atoms with van der Waals surface area (Å²) in [6.07, 6.45) is 4.46. The third-order valence-electron chi connectivity index (χ3n) is 3.95. The van der Waals surface area contributed by atoms with Crippen molar-refractivity contribution in [1.82, 2.24) is 14.9 Å². The van der Waals surface area contributed by atoms with E-state index in [1.165, 1.54) is 5.56 Å². The molecule has 1 amide bonds. The number of carbonyl (C=O) groups is 1. The molecule has 1 fully saturated rings. The number of hydrogen-bond acceptors (Lipinski definition) is 3. The van der Waals surface area contributed by atoms with E-state index < -0.39 is 0 Å². The molecule has 4 nitrogen and oxygen atoms in total. The molecule has 2 aromatic rings. The van der Waals surface area contributed by atoms with Crippen molar-refractivity contribution in [3.05, 3.63) is 42.2 Å². The van der Waals surface area contributed by atoms with Gasteiger partial charge < -0.3 is 5.32 Å². The molecule has 0 radical (unpaired) electrons. The molecule has 22 heavy (non-hydrogen) atoms. The Morgan fingerprint density at radius 3 is 2.77 bits per heavy atom. The lowest BCUT2D eigenvalue weighted by Crippen LogP contribution is -2.14. The lowest BCUT2D eigenvalue weighted by molar-refractivity contribution is -0.119. The number of hydrogen-bond donors (Lipinski definition) is 1. The Morgan fingerprint density at radius 1 is 1.36 bits per heavy atom. The van der Waals surface area contributed by atoms with Crippen molar-refractivity contribution < 1.29 is 4.79 Å². The minimum atomic E-state index is 0.165. The third-order valence-corrected chi connectivity index (χ3v) is 5.15. The van der Waals surface area contributed by atoms with Crippen LogP contribution in [0.2, 0.25) is 0 Å². The summed E-state index contributed by atoms with van der Waals surface area (Å²) < 4.78 is 2.11. The normalized spacial score (nSPS) is 18.0. The Morgan fingerprint density at radius 2 is 2.14 bits per heavy atom. The predicted octanol–water partition coefficient (Wildman–Crippen LogP) is 3.22. The summed E-state index contributed by atoms with van der Waals surface area (Å²) in [7, 11) is 0. The maximum Gasteiger partial charge on any atom is 0.220 e. The molecule has 1 aromatic heterocycles. The average molecular weight is 315 g/mol. The molecule has 1 saturated heterocycles. The van der Waals surface area contributed by atoms with Crippen LogP contribution < -0.4 is 5.32 Å². The highest BCUT2D eigenvalue weighted by atomic mass is 32.2. The van der Waals surface area contributed by atoms with E-state index in [0.717, 1.165) is 23.1 Å². The average Bonchev–Trinajstić information content (AvgIpc) is 3.14. The molecule has 1 aromatic carbocycles. The van der Waals surface area contributed by atoms with E-state index in [-0.39, 0.29) is 5.91 Å². The molecular formula is C17H21N3OS. The quantitative estimate of drug-likeness (QED) is 0.862. The SMILES string of the molecule is CC(C)c1ccc(-n2ccnc2SC[C@@H]2CNC(=O)C2)cc1. The summed E-state index contributed by atoms with van der Waals surface area (Å²) in [6, 6.07) is 8.63. The second-order valence-electron chi connectivity index (χ2n) is 6.01. The fourth-order valence-corrected chi connectivity index (χ4v) is 3.65. The Kier molecular flexibility index (Phi) is 4.52. The van der Waals surface area contributed by atoms with Crippen LogP contribution in [0.15, 0.2) is 41.8 Å². The molecule has 3 rings (SSSR count). The summed E-state index contributed by atoms with van der Waals surface area (Å²) in [5.74, 6) is 2.03. The van der Waals surface area contributed by atoms with E-state index >= 15 is 0 Å². The van der Waals surface area contributed by atoms with Crippen LogP contribution >= 0.6 is 11.8 Å². The zero-order valence-corrected chi connectivity index (χ0v) is 13.8. The van der Waals surface area contributed by atoms with Crippen molar-refractivity contribution in [2.24, 2.45) is 5.92 Å². The molecule has 1 aliphatic rings. The molecule has 0 bridgehead atoms. The number of nitrogens with zero attached hydrogens (tertiary/aromatic N) is 2. The Bertz CT molecular complexity index is 648. The van der Waals surface area contributed by atoms with E-state index in [1.807, 2.05) is 12.4 Å². The summed E-state index contributed by atoms with van der Waals surface area (Å²) >= 11 is 1.72. The van der Waals surface area contributed by atoms with Crippen molar-refractivity contribution in [2.75, 3.05) is 12.3 Å². The van der Waals surface area contributed by atoms with Crippen LogP contribution in [0, 0.1) is 5.92 Å². The Balaban J connectivity index is 1.70. The number of rotatable bonds is 5. The molecule has 5 heteroatoms. The molecular weight excluding hydrogens is 294 g/mol. The van der Waals surface area contributed by atoms with Gasteiger partial charge in [0, 0.05) is 36.8 Å². The number of carbonyl (C=O) groups excluding carboxylic acids is 1. The standard InChI is InChI=1S/C17H21N3OS/c1-12(2)14-3-5-15(6-4-14)20-8-7-18-17(20)22-11-13-9-16(21)19-10-13/h3-8,12-13H,9-11H2,1-2H3,(H,19,21)/t13-/m0/s1. The summed E-state index contributed by atoms with van der Waals surface area (Å²) in [5.41, 5.74) is 2.47. The van der Waals surface area contributed by atoms with Gasteiger partial charge in [0.2, 0.25) is 5.91 Å². The summed E-state index contributed by atoms with van der Waals surface area (Å²) in [5, 5.41) is 3.87. The molecule has 1 aliphatic heterocycles. The maximum absolute atomic E-state index is 11.2. The minimum absolute atomic E-state index is 0.165. The number of nitrogens with one attached hydrogen (secondary N) is 1. The van der Waals surface area contributed by atoms with E-state index in [2.05, 4.69) is 53.0 Å². The predicted molar refractivity (Wildman–Crippen MR) is 89.5 cm³/mol. The molecule has 0 unspecified atom stereocenters. The largest absolute Gasteiger partial charge is 0.356 e. The second-order valence-corrected chi connectivity index (χ2v) is 7.00. The first-order valence-electron chi connectivity index (χ1n) is 7.66. The zero-order valence-electron chi connectivity index (χ0n) is 13.0. The van der Waals surface area contributed by atoms with Gasteiger partial charge in [-0.05, 0) is 29.5 Å². The minimum Gasteiger partial charge on any atom is -0.356 e. The van der Waals surface area contributed by atoms with Crippen molar-refractivity contribution >= 4 is 17.7 Å². The second kappa shape index (κ2) is 6.57. The molecule has 1 N–H and O–H groups in total. The van der Waals surface area contributed by atoms with Crippen LogP contribution in [0.3, 0.4) is 0 Å². The number of benzene rings is 1. The van der Waals surface area contributed by atoms with Gasteiger partial charge in [-0.3, -0.25) is 9.36 Å². The highest BCUT2D eigenvalue weighted by Crippen LogP contribution is 2.25. The fraction of sp³-hybridized carbons (Fsp3) is 0.412.